The third-order valence-corrected chi connectivity index (χ3v) is 7.32. The fraction of sp³-hybridized carbons (Fsp3) is 0.708. The molecule has 0 aromatic heterocycles. The molecule has 2 fully saturated rings. The molecule has 0 bridgehead atoms. The summed E-state index contributed by atoms with van der Waals surface area (Å²) < 4.78 is 26.3. The summed E-state index contributed by atoms with van der Waals surface area (Å²) in [7, 11) is 3.16. The van der Waals surface area contributed by atoms with E-state index in [9.17, 15) is 4.79 Å². The zero-order valence-corrected chi connectivity index (χ0v) is 17.8. The number of halogens is 1. The lowest BCUT2D eigenvalue weighted by atomic mass is 9.82. The lowest BCUT2D eigenvalue weighted by molar-refractivity contribution is 0.0292. The first kappa shape index (κ1) is 20.6. The number of alkyl halides is 1. The minimum atomic E-state index is -1.22. The van der Waals surface area contributed by atoms with Crippen molar-refractivity contribution < 1.29 is 18.7 Å². The van der Waals surface area contributed by atoms with Crippen molar-refractivity contribution >= 4 is 5.78 Å². The van der Waals surface area contributed by atoms with E-state index < -0.39 is 5.67 Å². The van der Waals surface area contributed by atoms with Gasteiger partial charge in [0.15, 0.2) is 17.3 Å². The van der Waals surface area contributed by atoms with Crippen molar-refractivity contribution in [2.75, 3.05) is 33.9 Å². The van der Waals surface area contributed by atoms with Gasteiger partial charge in [-0.25, -0.2) is 4.39 Å². The Hall–Kier alpha value is -1.62. The number of methoxy groups -OCH3 is 2. The summed E-state index contributed by atoms with van der Waals surface area (Å²) in [5.41, 5.74) is 0.404. The minimum absolute atomic E-state index is 0.0580. The number of ketones is 1. The largest absolute Gasteiger partial charge is 0.493 e. The average Bonchev–Trinajstić information content (AvgIpc) is 3.03. The third-order valence-electron chi connectivity index (χ3n) is 7.32. The summed E-state index contributed by atoms with van der Waals surface area (Å²) in [4.78, 5) is 15.4. The predicted molar refractivity (Wildman–Crippen MR) is 112 cm³/mol. The van der Waals surface area contributed by atoms with Crippen molar-refractivity contribution in [2.45, 2.75) is 63.5 Å². The number of piperidine rings is 1. The van der Waals surface area contributed by atoms with Gasteiger partial charge < -0.3 is 14.4 Å². The monoisotopic (exact) mass is 403 g/mol. The normalized spacial score (nSPS) is 25.1. The van der Waals surface area contributed by atoms with Crippen molar-refractivity contribution in [3.8, 4) is 11.5 Å². The fourth-order valence-electron chi connectivity index (χ4n) is 5.58. The summed E-state index contributed by atoms with van der Waals surface area (Å²) in [5.74, 6) is 1.78. The number of hydrogen-bond donors (Lipinski definition) is 0. The van der Waals surface area contributed by atoms with Crippen molar-refractivity contribution in [1.29, 1.82) is 0 Å². The molecule has 2 aliphatic carbocycles. The molecule has 1 saturated carbocycles. The number of ether oxygens (including phenoxy) is 2. The van der Waals surface area contributed by atoms with Gasteiger partial charge in [-0.15, -0.1) is 0 Å². The number of likely N-dealkylation sites (tertiary alicyclic amines) is 1. The first-order chi connectivity index (χ1) is 14.0. The molecular formula is C24H34FNO3. The van der Waals surface area contributed by atoms with E-state index in [4.69, 9.17) is 9.47 Å². The number of nitrogens with zero attached hydrogens (tertiary/aromatic N) is 1. The molecule has 0 spiro atoms. The topological polar surface area (TPSA) is 38.8 Å². The smallest absolute Gasteiger partial charge is 0.166 e. The van der Waals surface area contributed by atoms with Gasteiger partial charge in [-0.05, 0) is 62.1 Å². The second-order valence-electron chi connectivity index (χ2n) is 9.29. The Balaban J connectivity index is 1.35. The molecule has 1 heterocycles. The van der Waals surface area contributed by atoms with Crippen LogP contribution in [0, 0.1) is 11.8 Å². The molecule has 29 heavy (non-hydrogen) atoms. The average molecular weight is 404 g/mol. The van der Waals surface area contributed by atoms with Crippen LogP contribution in [0.4, 0.5) is 4.39 Å². The van der Waals surface area contributed by atoms with Crippen LogP contribution in [0.3, 0.4) is 0 Å². The Morgan fingerprint density at radius 2 is 1.72 bits per heavy atom. The van der Waals surface area contributed by atoms with Crippen LogP contribution in [0.25, 0.3) is 0 Å². The van der Waals surface area contributed by atoms with Crippen LogP contribution >= 0.6 is 0 Å². The molecule has 4 nitrogen and oxygen atoms in total. The number of fused-ring (bicyclic) bond motifs is 1. The maximum absolute atomic E-state index is 15.6. The molecule has 1 atom stereocenters. The van der Waals surface area contributed by atoms with Crippen molar-refractivity contribution in [3.63, 3.8) is 0 Å². The maximum Gasteiger partial charge on any atom is 0.166 e. The van der Waals surface area contributed by atoms with Crippen LogP contribution in [-0.4, -0.2) is 50.2 Å². The zero-order chi connectivity index (χ0) is 20.4. The molecule has 0 radical (unpaired) electrons. The lowest BCUT2D eigenvalue weighted by Crippen LogP contribution is -2.45. The number of carbonyl (C=O) groups is 1. The second-order valence-corrected chi connectivity index (χ2v) is 9.29. The molecule has 1 aromatic carbocycles. The highest BCUT2D eigenvalue weighted by Crippen LogP contribution is 2.42. The van der Waals surface area contributed by atoms with Gasteiger partial charge in [0.25, 0.3) is 0 Å². The molecule has 5 heteroatoms. The Labute approximate surface area is 173 Å². The third kappa shape index (κ3) is 4.45. The Kier molecular flexibility index (Phi) is 6.14. The van der Waals surface area contributed by atoms with Crippen LogP contribution in [-0.2, 0) is 6.42 Å². The van der Waals surface area contributed by atoms with E-state index in [0.717, 1.165) is 31.1 Å². The van der Waals surface area contributed by atoms with Gasteiger partial charge in [0, 0.05) is 31.1 Å². The van der Waals surface area contributed by atoms with E-state index in [1.165, 1.54) is 32.1 Å². The first-order valence-corrected chi connectivity index (χ1v) is 11.2. The summed E-state index contributed by atoms with van der Waals surface area (Å²) in [6.45, 7) is 2.77. The Bertz CT molecular complexity index is 736. The maximum atomic E-state index is 15.6. The van der Waals surface area contributed by atoms with E-state index in [1.807, 2.05) is 6.07 Å². The van der Waals surface area contributed by atoms with E-state index in [2.05, 4.69) is 4.90 Å². The molecule has 160 valence electrons. The summed E-state index contributed by atoms with van der Waals surface area (Å²) >= 11 is 0. The van der Waals surface area contributed by atoms with Crippen LogP contribution in [0.2, 0.25) is 0 Å². The summed E-state index contributed by atoms with van der Waals surface area (Å²) in [5, 5.41) is 0. The quantitative estimate of drug-likeness (QED) is 0.682. The molecule has 3 aliphatic rings. The first-order valence-electron chi connectivity index (χ1n) is 11.2. The van der Waals surface area contributed by atoms with Gasteiger partial charge in [-0.3, -0.25) is 4.79 Å². The van der Waals surface area contributed by atoms with Gasteiger partial charge in [0.1, 0.15) is 5.67 Å². The van der Waals surface area contributed by atoms with Crippen LogP contribution in [0.15, 0.2) is 12.1 Å². The predicted octanol–water partition coefficient (Wildman–Crippen LogP) is 4.83. The molecule has 1 aliphatic heterocycles. The molecule has 1 unspecified atom stereocenters. The van der Waals surface area contributed by atoms with Crippen LogP contribution < -0.4 is 9.47 Å². The highest BCUT2D eigenvalue weighted by Gasteiger charge is 2.42. The lowest BCUT2D eigenvalue weighted by Gasteiger charge is -2.39. The molecule has 0 amide bonds. The van der Waals surface area contributed by atoms with Crippen molar-refractivity contribution in [1.82, 2.24) is 4.90 Å². The van der Waals surface area contributed by atoms with Crippen LogP contribution in [0.5, 0.6) is 11.5 Å². The Morgan fingerprint density at radius 1 is 1.07 bits per heavy atom. The number of Topliss-reactive ketones (excluding diaryl/α,β-unsaturated/α-hetero) is 1. The molecular weight excluding hydrogens is 369 g/mol. The molecule has 1 saturated heterocycles. The number of rotatable bonds is 6. The molecule has 4 rings (SSSR count). The van der Waals surface area contributed by atoms with E-state index >= 15 is 4.39 Å². The van der Waals surface area contributed by atoms with Gasteiger partial charge in [-0.1, -0.05) is 19.3 Å². The summed E-state index contributed by atoms with van der Waals surface area (Å²) in [6.07, 6.45) is 8.78. The summed E-state index contributed by atoms with van der Waals surface area (Å²) in [6, 6.07) is 3.64. The SMILES string of the molecule is COc1cc2c(cc1OC)C(=O)C(CC1(F)CCN(CC3CCCCC3)CC1)C2. The van der Waals surface area contributed by atoms with E-state index in [0.29, 0.717) is 42.7 Å². The number of hydrogen-bond acceptors (Lipinski definition) is 4. The molecule has 0 N–H and O–H groups in total. The highest BCUT2D eigenvalue weighted by atomic mass is 19.1. The minimum Gasteiger partial charge on any atom is -0.493 e. The van der Waals surface area contributed by atoms with Crippen LogP contribution in [0.1, 0.15) is 67.3 Å². The number of carbonyl (C=O) groups excluding carboxylic acids is 1. The second kappa shape index (κ2) is 8.63. The van der Waals surface area contributed by atoms with Crippen molar-refractivity contribution in [3.05, 3.63) is 23.3 Å². The number of benzene rings is 1. The van der Waals surface area contributed by atoms with Gasteiger partial charge in [0.2, 0.25) is 0 Å². The zero-order valence-electron chi connectivity index (χ0n) is 17.8. The highest BCUT2D eigenvalue weighted by molar-refractivity contribution is 6.03. The van der Waals surface area contributed by atoms with Gasteiger partial charge in [-0.2, -0.15) is 0 Å². The standard InChI is InChI=1S/C24H34FNO3/c1-28-21-13-18-12-19(23(27)20(18)14-22(21)29-2)15-24(25)8-10-26(11-9-24)16-17-6-4-3-5-7-17/h13-14,17,19H,3-12,15-16H2,1-2H3. The Morgan fingerprint density at radius 3 is 2.38 bits per heavy atom. The fourth-order valence-corrected chi connectivity index (χ4v) is 5.58. The van der Waals surface area contributed by atoms with Gasteiger partial charge >= 0.3 is 0 Å². The van der Waals surface area contributed by atoms with E-state index in [-0.39, 0.29) is 11.7 Å². The van der Waals surface area contributed by atoms with E-state index in [1.54, 1.807) is 20.3 Å². The molecule has 1 aromatic rings. The van der Waals surface area contributed by atoms with Gasteiger partial charge in [0.05, 0.1) is 14.2 Å². The van der Waals surface area contributed by atoms with Crippen molar-refractivity contribution in [2.24, 2.45) is 11.8 Å².